The molecule has 0 aromatic heterocycles. The minimum absolute atomic E-state index is 0.0516. The molecule has 0 unspecified atom stereocenters. The Labute approximate surface area is 94.6 Å². The molecule has 0 fully saturated rings. The lowest BCUT2D eigenvalue weighted by Crippen LogP contribution is -2.25. The van der Waals surface area contributed by atoms with E-state index in [1.807, 2.05) is 0 Å². The van der Waals surface area contributed by atoms with Gasteiger partial charge in [-0.05, 0) is 27.7 Å². The summed E-state index contributed by atoms with van der Waals surface area (Å²) in [5.74, 6) is -1.44. The van der Waals surface area contributed by atoms with Gasteiger partial charge >= 0.3 is 11.9 Å². The van der Waals surface area contributed by atoms with Crippen LogP contribution in [0.15, 0.2) is 11.3 Å². The molecule has 5 heteroatoms. The second-order valence-corrected chi connectivity index (χ2v) is 4.14. The Bertz CT molecular complexity index is 368. The Hall–Kier alpha value is -1.83. The smallest absolute Gasteiger partial charge is 0.352 e. The first-order chi connectivity index (χ1) is 7.17. The normalized spacial score (nSPS) is 12.2. The topological polar surface area (TPSA) is 76.4 Å². The summed E-state index contributed by atoms with van der Waals surface area (Å²) in [4.78, 5) is 22.2. The second kappa shape index (κ2) is 5.31. The highest BCUT2D eigenvalue weighted by Gasteiger charge is 2.22. The van der Waals surface area contributed by atoms with Crippen LogP contribution in [0.5, 0.6) is 0 Å². The van der Waals surface area contributed by atoms with E-state index >= 15 is 0 Å². The Kier molecular flexibility index (Phi) is 4.70. The Morgan fingerprint density at radius 1 is 1.19 bits per heavy atom. The van der Waals surface area contributed by atoms with Crippen LogP contribution in [0.4, 0.5) is 0 Å². The number of ether oxygens (including phenoxy) is 2. The van der Waals surface area contributed by atoms with E-state index in [1.165, 1.54) is 13.8 Å². The van der Waals surface area contributed by atoms with Gasteiger partial charge in [0.1, 0.15) is 17.4 Å². The lowest BCUT2D eigenvalue weighted by Gasteiger charge is -2.19. The Morgan fingerprint density at radius 3 is 2.00 bits per heavy atom. The van der Waals surface area contributed by atoms with Crippen molar-refractivity contribution in [3.05, 3.63) is 11.3 Å². The van der Waals surface area contributed by atoms with Gasteiger partial charge in [-0.1, -0.05) is 0 Å². The minimum atomic E-state index is -0.797. The molecule has 0 amide bonds. The minimum Gasteiger partial charge on any atom is -0.456 e. The number of hydrogen-bond donors (Lipinski definition) is 0. The van der Waals surface area contributed by atoms with E-state index < -0.39 is 17.5 Å². The molecule has 88 valence electrons. The Morgan fingerprint density at radius 2 is 1.69 bits per heavy atom. The summed E-state index contributed by atoms with van der Waals surface area (Å²) < 4.78 is 9.64. The molecule has 0 heterocycles. The average Bonchev–Trinajstić information content (AvgIpc) is 1.99. The summed E-state index contributed by atoms with van der Waals surface area (Å²) in [6, 6.07) is 1.66. The molecule has 0 aromatic rings. The number of esters is 2. The van der Waals surface area contributed by atoms with Crippen LogP contribution in [-0.4, -0.2) is 17.5 Å². The first kappa shape index (κ1) is 14.2. The van der Waals surface area contributed by atoms with Gasteiger partial charge in [-0.3, -0.25) is 4.79 Å². The maximum absolute atomic E-state index is 11.5. The van der Waals surface area contributed by atoms with E-state index in [0.29, 0.717) is 0 Å². The zero-order chi connectivity index (χ0) is 12.9. The van der Waals surface area contributed by atoms with Crippen LogP contribution < -0.4 is 0 Å². The maximum atomic E-state index is 11.5. The van der Waals surface area contributed by atoms with Crippen LogP contribution in [0.25, 0.3) is 0 Å². The zero-order valence-corrected chi connectivity index (χ0v) is 10.1. The van der Waals surface area contributed by atoms with Gasteiger partial charge in [-0.2, -0.15) is 5.26 Å². The lowest BCUT2D eigenvalue weighted by atomic mass is 10.2. The summed E-state index contributed by atoms with van der Waals surface area (Å²) in [6.07, 6.45) is 0. The van der Waals surface area contributed by atoms with E-state index in [9.17, 15) is 9.59 Å². The first-order valence-electron chi connectivity index (χ1n) is 4.70. The van der Waals surface area contributed by atoms with Gasteiger partial charge in [-0.15, -0.1) is 0 Å². The predicted octanol–water partition coefficient (Wildman–Crippen LogP) is 1.69. The van der Waals surface area contributed by atoms with Gasteiger partial charge < -0.3 is 9.47 Å². The van der Waals surface area contributed by atoms with Crippen LogP contribution in [0.1, 0.15) is 34.6 Å². The van der Waals surface area contributed by atoms with Crippen LogP contribution >= 0.6 is 0 Å². The monoisotopic (exact) mass is 225 g/mol. The first-order valence-corrected chi connectivity index (χ1v) is 4.70. The highest BCUT2D eigenvalue weighted by atomic mass is 16.6. The summed E-state index contributed by atoms with van der Waals surface area (Å²) in [7, 11) is 0. The lowest BCUT2D eigenvalue weighted by molar-refractivity contribution is -0.149. The molecule has 16 heavy (non-hydrogen) atoms. The molecule has 0 spiro atoms. The third-order valence-electron chi connectivity index (χ3n) is 1.36. The van der Waals surface area contributed by atoms with E-state index in [1.54, 1.807) is 26.8 Å². The maximum Gasteiger partial charge on any atom is 0.352 e. The molecule has 5 nitrogen and oxygen atoms in total. The van der Waals surface area contributed by atoms with Crippen molar-refractivity contribution in [3.63, 3.8) is 0 Å². The number of nitriles is 1. The van der Waals surface area contributed by atoms with Crippen molar-refractivity contribution < 1.29 is 19.1 Å². The standard InChI is InChI=1S/C11H15NO4/c1-7(15-8(2)13)9(6-12)10(14)16-11(3,4)5/h1-5H3/b9-7-. The molecular weight excluding hydrogens is 210 g/mol. The molecule has 0 saturated heterocycles. The van der Waals surface area contributed by atoms with E-state index in [-0.39, 0.29) is 11.3 Å². The molecule has 0 aliphatic carbocycles. The van der Waals surface area contributed by atoms with Crippen molar-refractivity contribution in [3.8, 4) is 6.07 Å². The highest BCUT2D eigenvalue weighted by molar-refractivity contribution is 5.93. The van der Waals surface area contributed by atoms with Crippen molar-refractivity contribution in [2.75, 3.05) is 0 Å². The van der Waals surface area contributed by atoms with Crippen molar-refractivity contribution in [2.45, 2.75) is 40.2 Å². The molecule has 0 N–H and O–H groups in total. The Balaban J connectivity index is 4.95. The van der Waals surface area contributed by atoms with Gasteiger partial charge in [-0.25, -0.2) is 4.79 Å². The number of carbonyl (C=O) groups excluding carboxylic acids is 2. The van der Waals surface area contributed by atoms with Gasteiger partial charge in [0.25, 0.3) is 0 Å². The van der Waals surface area contributed by atoms with Crippen LogP contribution in [-0.2, 0) is 19.1 Å². The van der Waals surface area contributed by atoms with Gasteiger partial charge in [0.15, 0.2) is 5.57 Å². The summed E-state index contributed by atoms with van der Waals surface area (Å²) in [6.45, 7) is 7.60. The third kappa shape index (κ3) is 5.15. The number of allylic oxidation sites excluding steroid dienone is 1. The molecule has 0 rings (SSSR count). The van der Waals surface area contributed by atoms with Crippen molar-refractivity contribution in [2.24, 2.45) is 0 Å². The summed E-state index contributed by atoms with van der Waals surface area (Å²) in [5, 5.41) is 8.78. The number of hydrogen-bond acceptors (Lipinski definition) is 5. The van der Waals surface area contributed by atoms with Gasteiger partial charge in [0.2, 0.25) is 0 Å². The van der Waals surface area contributed by atoms with Crippen molar-refractivity contribution >= 4 is 11.9 Å². The van der Waals surface area contributed by atoms with Crippen LogP contribution in [0, 0.1) is 11.3 Å². The van der Waals surface area contributed by atoms with E-state index in [2.05, 4.69) is 4.74 Å². The van der Waals surface area contributed by atoms with E-state index in [4.69, 9.17) is 10.00 Å². The predicted molar refractivity (Wildman–Crippen MR) is 55.9 cm³/mol. The number of rotatable bonds is 2. The molecule has 0 aromatic carbocycles. The molecule has 0 atom stereocenters. The molecule has 0 saturated carbocycles. The SMILES string of the molecule is CC(=O)O/C(C)=C(/C#N)C(=O)OC(C)(C)C. The zero-order valence-electron chi connectivity index (χ0n) is 10.1. The summed E-state index contributed by atoms with van der Waals surface area (Å²) >= 11 is 0. The number of carbonyl (C=O) groups is 2. The van der Waals surface area contributed by atoms with Crippen LogP contribution in [0.3, 0.4) is 0 Å². The van der Waals surface area contributed by atoms with Crippen LogP contribution in [0.2, 0.25) is 0 Å². The quantitative estimate of drug-likeness (QED) is 0.309. The van der Waals surface area contributed by atoms with E-state index in [0.717, 1.165) is 0 Å². The van der Waals surface area contributed by atoms with Crippen molar-refractivity contribution in [1.29, 1.82) is 5.26 Å². The fraction of sp³-hybridized carbons (Fsp3) is 0.545. The molecule has 0 bridgehead atoms. The summed E-state index contributed by atoms with van der Waals surface area (Å²) in [5.41, 5.74) is -1.000. The molecule has 0 radical (unpaired) electrons. The molecule has 0 aliphatic rings. The molecule has 0 aliphatic heterocycles. The largest absolute Gasteiger partial charge is 0.456 e. The average molecular weight is 225 g/mol. The third-order valence-corrected chi connectivity index (χ3v) is 1.36. The molecular formula is C11H15NO4. The fourth-order valence-corrected chi connectivity index (χ4v) is 0.864. The number of nitrogens with zero attached hydrogens (tertiary/aromatic N) is 1. The van der Waals surface area contributed by atoms with Gasteiger partial charge in [0, 0.05) is 6.92 Å². The van der Waals surface area contributed by atoms with Gasteiger partial charge in [0.05, 0.1) is 0 Å². The fourth-order valence-electron chi connectivity index (χ4n) is 0.864. The second-order valence-electron chi connectivity index (χ2n) is 4.14. The van der Waals surface area contributed by atoms with Crippen molar-refractivity contribution in [1.82, 2.24) is 0 Å². The highest BCUT2D eigenvalue weighted by Crippen LogP contribution is 2.13.